The van der Waals surface area contributed by atoms with Gasteiger partial charge in [0.15, 0.2) is 5.75 Å². The average molecular weight is 277 g/mol. The Kier molecular flexibility index (Phi) is 3.25. The maximum absolute atomic E-state index is 10.9. The van der Waals surface area contributed by atoms with Crippen molar-refractivity contribution in [3.05, 3.63) is 28.3 Å². The second kappa shape index (κ2) is 4.94. The zero-order valence-corrected chi connectivity index (χ0v) is 11.6. The first kappa shape index (κ1) is 13.2. The largest absolute Gasteiger partial charge is 0.490 e. The van der Waals surface area contributed by atoms with E-state index < -0.39 is 4.92 Å². The van der Waals surface area contributed by atoms with E-state index in [0.29, 0.717) is 11.2 Å². The lowest BCUT2D eigenvalue weighted by atomic mass is 9.86. The minimum absolute atomic E-state index is 0.0210. The average Bonchev–Trinajstić information content (AvgIpc) is 3.09. The summed E-state index contributed by atoms with van der Waals surface area (Å²) in [5.74, 6) is 0.331. The third-order valence-electron chi connectivity index (χ3n) is 4.50. The van der Waals surface area contributed by atoms with Crippen LogP contribution >= 0.6 is 0 Å². The molecule has 2 saturated heterocycles. The molecule has 1 atom stereocenters. The number of rotatable bonds is 3. The molecule has 108 valence electrons. The van der Waals surface area contributed by atoms with E-state index in [9.17, 15) is 10.1 Å². The van der Waals surface area contributed by atoms with Crippen LogP contribution in [0.1, 0.15) is 12.8 Å². The molecule has 0 aromatic heterocycles. The molecule has 6 nitrogen and oxygen atoms in total. The van der Waals surface area contributed by atoms with E-state index in [0.717, 1.165) is 31.9 Å². The summed E-state index contributed by atoms with van der Waals surface area (Å²) in [4.78, 5) is 12.8. The molecule has 6 heteroatoms. The summed E-state index contributed by atoms with van der Waals surface area (Å²) >= 11 is 0. The van der Waals surface area contributed by atoms with Crippen LogP contribution in [0.4, 0.5) is 11.4 Å². The zero-order valence-electron chi connectivity index (χ0n) is 11.6. The topological polar surface area (TPSA) is 67.6 Å². The summed E-state index contributed by atoms with van der Waals surface area (Å²) in [6.45, 7) is 4.19. The summed E-state index contributed by atoms with van der Waals surface area (Å²) in [6, 6.07) is 5.13. The van der Waals surface area contributed by atoms with Crippen molar-refractivity contribution < 1.29 is 9.66 Å². The van der Waals surface area contributed by atoms with Gasteiger partial charge >= 0.3 is 5.69 Å². The van der Waals surface area contributed by atoms with E-state index in [1.165, 1.54) is 26.0 Å². The molecule has 2 heterocycles. The van der Waals surface area contributed by atoms with Gasteiger partial charge in [0.05, 0.1) is 12.0 Å². The molecule has 0 saturated carbocycles. The predicted molar refractivity (Wildman–Crippen MR) is 76.4 cm³/mol. The van der Waals surface area contributed by atoms with Crippen LogP contribution in [0.15, 0.2) is 18.2 Å². The predicted octanol–water partition coefficient (Wildman–Crippen LogP) is 1.79. The molecule has 1 aromatic rings. The van der Waals surface area contributed by atoms with Crippen LogP contribution in [0.3, 0.4) is 0 Å². The van der Waals surface area contributed by atoms with Crippen molar-refractivity contribution in [3.8, 4) is 5.75 Å². The lowest BCUT2D eigenvalue weighted by molar-refractivity contribution is -0.385. The zero-order chi connectivity index (χ0) is 14.2. The van der Waals surface area contributed by atoms with Gasteiger partial charge in [-0.2, -0.15) is 0 Å². The molecular formula is C14H19N3O3. The highest BCUT2D eigenvalue weighted by Crippen LogP contribution is 2.40. The molecule has 1 unspecified atom stereocenters. The fourth-order valence-corrected chi connectivity index (χ4v) is 3.31. The van der Waals surface area contributed by atoms with E-state index in [4.69, 9.17) is 4.74 Å². The van der Waals surface area contributed by atoms with Crippen LogP contribution in [-0.2, 0) is 0 Å². The smallest absolute Gasteiger partial charge is 0.311 e. The minimum atomic E-state index is -0.408. The number of hydrogen-bond donors (Lipinski definition) is 1. The maximum Gasteiger partial charge on any atom is 0.311 e. The van der Waals surface area contributed by atoms with Gasteiger partial charge in [-0.05, 0) is 25.5 Å². The second-order valence-electron chi connectivity index (χ2n) is 5.71. The molecule has 0 bridgehead atoms. The molecule has 3 rings (SSSR count). The number of ether oxygens (including phenoxy) is 1. The Bertz CT molecular complexity index is 526. The quantitative estimate of drug-likeness (QED) is 0.674. The first-order valence-corrected chi connectivity index (χ1v) is 6.92. The number of nitrogens with one attached hydrogen (secondary N) is 1. The molecule has 2 aliphatic heterocycles. The lowest BCUT2D eigenvalue weighted by Gasteiger charge is -2.24. The van der Waals surface area contributed by atoms with Crippen LogP contribution in [0.5, 0.6) is 5.75 Å². The van der Waals surface area contributed by atoms with E-state index >= 15 is 0 Å². The van der Waals surface area contributed by atoms with Crippen LogP contribution in [-0.4, -0.2) is 38.2 Å². The number of nitrogens with zero attached hydrogens (tertiary/aromatic N) is 2. The lowest BCUT2D eigenvalue weighted by Crippen LogP contribution is -2.29. The summed E-state index contributed by atoms with van der Waals surface area (Å²) in [7, 11) is 1.47. The third-order valence-corrected chi connectivity index (χ3v) is 4.50. The monoisotopic (exact) mass is 277 g/mol. The van der Waals surface area contributed by atoms with Crippen molar-refractivity contribution in [1.29, 1.82) is 0 Å². The van der Waals surface area contributed by atoms with Crippen molar-refractivity contribution >= 4 is 11.4 Å². The number of nitro groups is 1. The van der Waals surface area contributed by atoms with Crippen LogP contribution in [0.25, 0.3) is 0 Å². The Morgan fingerprint density at radius 3 is 2.95 bits per heavy atom. The van der Waals surface area contributed by atoms with Crippen LogP contribution in [0.2, 0.25) is 0 Å². The molecule has 0 radical (unpaired) electrons. The van der Waals surface area contributed by atoms with Crippen LogP contribution < -0.4 is 15.0 Å². The molecule has 1 N–H and O–H groups in total. The van der Waals surface area contributed by atoms with Gasteiger partial charge in [-0.1, -0.05) is 0 Å². The summed E-state index contributed by atoms with van der Waals surface area (Å²) in [6.07, 6.45) is 2.40. The summed E-state index contributed by atoms with van der Waals surface area (Å²) in [5.41, 5.74) is 1.42. The number of anilines is 1. The minimum Gasteiger partial charge on any atom is -0.490 e. The van der Waals surface area contributed by atoms with Crippen molar-refractivity contribution in [2.45, 2.75) is 12.8 Å². The van der Waals surface area contributed by atoms with E-state index in [-0.39, 0.29) is 5.69 Å². The van der Waals surface area contributed by atoms with Gasteiger partial charge in [0.2, 0.25) is 0 Å². The van der Waals surface area contributed by atoms with Gasteiger partial charge < -0.3 is 15.0 Å². The molecular weight excluding hydrogens is 258 g/mol. The van der Waals surface area contributed by atoms with E-state index in [2.05, 4.69) is 10.2 Å². The van der Waals surface area contributed by atoms with Gasteiger partial charge in [-0.15, -0.1) is 0 Å². The SMILES string of the molecule is COc1cc(N2CCC3(CCNC3)C2)ccc1[N+](=O)[O-]. The Hall–Kier alpha value is -1.82. The highest BCUT2D eigenvalue weighted by molar-refractivity contribution is 5.60. The molecule has 2 fully saturated rings. The molecule has 1 spiro atoms. The summed E-state index contributed by atoms with van der Waals surface area (Å²) in [5, 5.41) is 14.4. The first-order chi connectivity index (χ1) is 9.63. The molecule has 1 aromatic carbocycles. The van der Waals surface area contributed by atoms with Gasteiger partial charge in [-0.25, -0.2) is 0 Å². The highest BCUT2D eigenvalue weighted by atomic mass is 16.6. The first-order valence-electron chi connectivity index (χ1n) is 6.92. The van der Waals surface area contributed by atoms with E-state index in [1.54, 1.807) is 6.07 Å². The Balaban J connectivity index is 1.83. The number of hydrogen-bond acceptors (Lipinski definition) is 5. The fourth-order valence-electron chi connectivity index (χ4n) is 3.31. The highest BCUT2D eigenvalue weighted by Gasteiger charge is 2.40. The fraction of sp³-hybridized carbons (Fsp3) is 0.571. The van der Waals surface area contributed by atoms with E-state index in [1.807, 2.05) is 6.07 Å². The van der Waals surface area contributed by atoms with Gasteiger partial charge in [-0.3, -0.25) is 10.1 Å². The Morgan fingerprint density at radius 1 is 1.45 bits per heavy atom. The second-order valence-corrected chi connectivity index (χ2v) is 5.71. The molecule has 20 heavy (non-hydrogen) atoms. The Labute approximate surface area is 117 Å². The van der Waals surface area contributed by atoms with Crippen LogP contribution in [0, 0.1) is 15.5 Å². The maximum atomic E-state index is 10.9. The third kappa shape index (κ3) is 2.20. The van der Waals surface area contributed by atoms with Gasteiger partial charge in [0, 0.05) is 42.9 Å². The van der Waals surface area contributed by atoms with Crippen molar-refractivity contribution in [2.75, 3.05) is 38.2 Å². The van der Waals surface area contributed by atoms with Gasteiger partial charge in [0.1, 0.15) is 0 Å². The number of nitro benzene ring substituents is 1. The van der Waals surface area contributed by atoms with Crippen molar-refractivity contribution in [1.82, 2.24) is 5.32 Å². The standard InChI is InChI=1S/C14H19N3O3/c1-20-13-8-11(2-3-12(13)17(18)19)16-7-5-14(10-16)4-6-15-9-14/h2-3,8,15H,4-7,9-10H2,1H3. The number of benzene rings is 1. The molecule has 0 aliphatic carbocycles. The van der Waals surface area contributed by atoms with Gasteiger partial charge in [0.25, 0.3) is 0 Å². The van der Waals surface area contributed by atoms with Crippen molar-refractivity contribution in [3.63, 3.8) is 0 Å². The molecule has 2 aliphatic rings. The normalized spacial score (nSPS) is 25.4. The Morgan fingerprint density at radius 2 is 2.30 bits per heavy atom. The molecule has 0 amide bonds. The van der Waals surface area contributed by atoms with Crippen molar-refractivity contribution in [2.24, 2.45) is 5.41 Å². The number of methoxy groups -OCH3 is 1. The summed E-state index contributed by atoms with van der Waals surface area (Å²) < 4.78 is 5.14.